The first kappa shape index (κ1) is 27.2. The highest BCUT2D eigenvalue weighted by Gasteiger charge is 2.27. The van der Waals surface area contributed by atoms with Gasteiger partial charge >= 0.3 is 0 Å². The van der Waals surface area contributed by atoms with Crippen LogP contribution in [0.25, 0.3) is 5.57 Å². The lowest BCUT2D eigenvalue weighted by Gasteiger charge is -2.33. The molecule has 34 heavy (non-hydrogen) atoms. The van der Waals surface area contributed by atoms with E-state index in [1.807, 2.05) is 6.07 Å². The molecular formula is C32H48F2. The number of hydrogen-bond donors (Lipinski definition) is 0. The molecule has 0 spiro atoms. The Hall–Kier alpha value is -1.44. The molecule has 2 heteroatoms. The summed E-state index contributed by atoms with van der Waals surface area (Å²) in [5.41, 5.74) is 1.81. The molecular weight excluding hydrogens is 422 g/mol. The molecule has 0 nitrogen and oxygen atoms in total. The molecule has 0 heterocycles. The van der Waals surface area contributed by atoms with Crippen LogP contribution in [0, 0.1) is 29.4 Å². The molecule has 1 unspecified atom stereocenters. The van der Waals surface area contributed by atoms with Crippen LogP contribution in [-0.2, 0) is 6.42 Å². The summed E-state index contributed by atoms with van der Waals surface area (Å²) in [6.07, 6.45) is 27.3. The third kappa shape index (κ3) is 8.06. The van der Waals surface area contributed by atoms with E-state index in [1.165, 1.54) is 83.5 Å². The fourth-order valence-corrected chi connectivity index (χ4v) is 6.05. The van der Waals surface area contributed by atoms with Crippen LogP contribution in [0.3, 0.4) is 0 Å². The Bertz CT molecular complexity index is 782. The molecule has 0 saturated heterocycles. The second-order valence-electron chi connectivity index (χ2n) is 11.0. The van der Waals surface area contributed by atoms with Gasteiger partial charge in [-0.05, 0) is 61.0 Å². The monoisotopic (exact) mass is 470 g/mol. The van der Waals surface area contributed by atoms with E-state index in [9.17, 15) is 8.78 Å². The molecule has 1 fully saturated rings. The first-order valence-electron chi connectivity index (χ1n) is 14.5. The number of aryl methyl sites for hydroxylation is 1. The van der Waals surface area contributed by atoms with Gasteiger partial charge in [0.05, 0.1) is 0 Å². The summed E-state index contributed by atoms with van der Waals surface area (Å²) >= 11 is 0. The molecule has 0 aliphatic heterocycles. The summed E-state index contributed by atoms with van der Waals surface area (Å²) in [4.78, 5) is 0. The van der Waals surface area contributed by atoms with Gasteiger partial charge in [0, 0.05) is 5.56 Å². The molecule has 1 saturated carbocycles. The molecule has 190 valence electrons. The predicted molar refractivity (Wildman–Crippen MR) is 143 cm³/mol. The average molecular weight is 471 g/mol. The quantitative estimate of drug-likeness (QED) is 0.237. The molecule has 1 atom stereocenters. The molecule has 2 aliphatic carbocycles. The maximum atomic E-state index is 14.9. The fourth-order valence-electron chi connectivity index (χ4n) is 6.05. The van der Waals surface area contributed by atoms with Crippen molar-refractivity contribution in [3.8, 4) is 0 Å². The number of halogens is 2. The van der Waals surface area contributed by atoms with Gasteiger partial charge in [-0.25, -0.2) is 8.78 Å². The van der Waals surface area contributed by atoms with E-state index in [4.69, 9.17) is 0 Å². The van der Waals surface area contributed by atoms with Crippen LogP contribution in [0.2, 0.25) is 0 Å². The van der Waals surface area contributed by atoms with Gasteiger partial charge in [-0.2, -0.15) is 0 Å². The van der Waals surface area contributed by atoms with E-state index in [1.54, 1.807) is 6.07 Å². The van der Waals surface area contributed by atoms with Crippen LogP contribution in [0.4, 0.5) is 8.78 Å². The highest BCUT2D eigenvalue weighted by Crippen LogP contribution is 2.40. The minimum absolute atomic E-state index is 0.426. The zero-order valence-corrected chi connectivity index (χ0v) is 21.9. The minimum atomic E-state index is -0.665. The topological polar surface area (TPSA) is 0 Å². The maximum absolute atomic E-state index is 14.9. The van der Waals surface area contributed by atoms with Crippen molar-refractivity contribution in [1.29, 1.82) is 0 Å². The predicted octanol–water partition coefficient (Wildman–Crippen LogP) is 10.6. The fraction of sp³-hybridized carbons (Fsp3) is 0.688. The van der Waals surface area contributed by atoms with Crippen LogP contribution in [0.15, 0.2) is 30.4 Å². The Kier molecular flexibility index (Phi) is 11.9. The number of allylic oxidation sites excluding steroid dienone is 4. The number of unbranched alkanes of at least 4 members (excludes halogenated alkanes) is 8. The van der Waals surface area contributed by atoms with Crippen molar-refractivity contribution in [2.75, 3.05) is 0 Å². The standard InChI is InChI=1S/C32H48F2/c1-3-5-7-9-10-12-14-29-23-24-30(32(34)31(29)33)28-21-19-27(20-22-28)26-17-15-25(16-18-26)13-11-8-6-4-2/h19,21-27H,3-18,20H2,1-2H3/t25-,26-,27?. The first-order valence-corrected chi connectivity index (χ1v) is 14.5. The molecule has 0 N–H and O–H groups in total. The lowest BCUT2D eigenvalue weighted by Crippen LogP contribution is -2.21. The molecule has 0 aromatic heterocycles. The lowest BCUT2D eigenvalue weighted by atomic mass is 9.72. The first-order chi connectivity index (χ1) is 16.6. The van der Waals surface area contributed by atoms with E-state index in [2.05, 4.69) is 32.1 Å². The van der Waals surface area contributed by atoms with Gasteiger partial charge in [-0.1, -0.05) is 121 Å². The van der Waals surface area contributed by atoms with Crippen LogP contribution in [0.5, 0.6) is 0 Å². The number of rotatable bonds is 14. The van der Waals surface area contributed by atoms with Crippen molar-refractivity contribution in [1.82, 2.24) is 0 Å². The highest BCUT2D eigenvalue weighted by molar-refractivity contribution is 5.75. The highest BCUT2D eigenvalue weighted by atomic mass is 19.2. The lowest BCUT2D eigenvalue weighted by molar-refractivity contribution is 0.218. The molecule has 2 aliphatic rings. The van der Waals surface area contributed by atoms with E-state index >= 15 is 0 Å². The Morgan fingerprint density at radius 1 is 0.765 bits per heavy atom. The smallest absolute Gasteiger partial charge is 0.166 e. The van der Waals surface area contributed by atoms with Crippen molar-refractivity contribution in [2.45, 2.75) is 123 Å². The van der Waals surface area contributed by atoms with Gasteiger partial charge < -0.3 is 0 Å². The van der Waals surface area contributed by atoms with Gasteiger partial charge in [0.1, 0.15) is 0 Å². The van der Waals surface area contributed by atoms with Gasteiger partial charge in [0.2, 0.25) is 0 Å². The van der Waals surface area contributed by atoms with Crippen LogP contribution in [-0.4, -0.2) is 0 Å². The third-order valence-electron chi connectivity index (χ3n) is 8.37. The molecule has 1 aromatic rings. The molecule has 3 rings (SSSR count). The number of hydrogen-bond acceptors (Lipinski definition) is 0. The van der Waals surface area contributed by atoms with Gasteiger partial charge in [0.15, 0.2) is 11.6 Å². The third-order valence-corrected chi connectivity index (χ3v) is 8.37. The van der Waals surface area contributed by atoms with E-state index in [0.717, 1.165) is 36.7 Å². The SMILES string of the molecule is CCCCCCCCc1ccc(C2=CCC([C@H]3CC[C@H](CCCCCC)CC3)C=C2)c(F)c1F. The summed E-state index contributed by atoms with van der Waals surface area (Å²) in [6, 6.07) is 3.60. The Morgan fingerprint density at radius 3 is 2.12 bits per heavy atom. The summed E-state index contributed by atoms with van der Waals surface area (Å²) in [5.74, 6) is 0.937. The zero-order chi connectivity index (χ0) is 24.2. The maximum Gasteiger partial charge on any atom is 0.166 e. The van der Waals surface area contributed by atoms with Crippen molar-refractivity contribution < 1.29 is 8.78 Å². The molecule has 0 amide bonds. The number of benzene rings is 1. The van der Waals surface area contributed by atoms with Crippen LogP contribution < -0.4 is 0 Å². The summed E-state index contributed by atoms with van der Waals surface area (Å²) in [5, 5.41) is 0. The van der Waals surface area contributed by atoms with Crippen molar-refractivity contribution >= 4 is 5.57 Å². The molecule has 0 radical (unpaired) electrons. The molecule has 0 bridgehead atoms. The summed E-state index contributed by atoms with van der Waals surface area (Å²) in [7, 11) is 0. The van der Waals surface area contributed by atoms with Crippen molar-refractivity contribution in [3.63, 3.8) is 0 Å². The van der Waals surface area contributed by atoms with Crippen molar-refractivity contribution in [3.05, 3.63) is 53.1 Å². The second-order valence-corrected chi connectivity index (χ2v) is 11.0. The summed E-state index contributed by atoms with van der Waals surface area (Å²) in [6.45, 7) is 4.48. The largest absolute Gasteiger partial charge is 0.203 e. The Labute approximate surface area is 208 Å². The van der Waals surface area contributed by atoms with E-state index < -0.39 is 11.6 Å². The second kappa shape index (κ2) is 14.8. The van der Waals surface area contributed by atoms with Gasteiger partial charge in [0.25, 0.3) is 0 Å². The Balaban J connectivity index is 1.46. The zero-order valence-electron chi connectivity index (χ0n) is 21.9. The van der Waals surface area contributed by atoms with Crippen LogP contribution >= 0.6 is 0 Å². The normalized spacial score (nSPS) is 22.7. The van der Waals surface area contributed by atoms with Crippen molar-refractivity contribution in [2.24, 2.45) is 17.8 Å². The Morgan fingerprint density at radius 2 is 1.44 bits per heavy atom. The van der Waals surface area contributed by atoms with E-state index in [-0.39, 0.29) is 0 Å². The van der Waals surface area contributed by atoms with Gasteiger partial charge in [-0.15, -0.1) is 0 Å². The summed E-state index contributed by atoms with van der Waals surface area (Å²) < 4.78 is 29.7. The minimum Gasteiger partial charge on any atom is -0.203 e. The van der Waals surface area contributed by atoms with E-state index in [0.29, 0.717) is 23.5 Å². The molecule has 1 aromatic carbocycles. The van der Waals surface area contributed by atoms with Gasteiger partial charge in [-0.3, -0.25) is 0 Å². The average Bonchev–Trinajstić information content (AvgIpc) is 2.87. The van der Waals surface area contributed by atoms with Crippen LogP contribution in [0.1, 0.15) is 128 Å².